The van der Waals surface area contributed by atoms with Gasteiger partial charge in [-0.1, -0.05) is 43.2 Å². The Balaban J connectivity index is 1.88. The molecule has 2 aromatic carbocycles. The number of terminal acetylenes is 1. The zero-order chi connectivity index (χ0) is 20.6. The summed E-state index contributed by atoms with van der Waals surface area (Å²) in [5.41, 5.74) is 3.05. The molecule has 1 amide bonds. The first-order valence-corrected chi connectivity index (χ1v) is 9.14. The molecule has 0 fully saturated rings. The minimum Gasteiger partial charge on any atom is -0.480 e. The molecule has 0 atom stereocenters. The van der Waals surface area contributed by atoms with Crippen LogP contribution in [0.3, 0.4) is 0 Å². The number of nitrogens with zero attached hydrogens (tertiary/aromatic N) is 3. The summed E-state index contributed by atoms with van der Waals surface area (Å²) in [6.07, 6.45) is 7.41. The first-order valence-electron chi connectivity index (χ1n) is 9.14. The number of nitrogens with one attached hydrogen (secondary N) is 1. The molecule has 1 heterocycles. The van der Waals surface area contributed by atoms with Crippen LogP contribution >= 0.6 is 0 Å². The lowest BCUT2D eigenvalue weighted by Gasteiger charge is -2.09. The fourth-order valence-corrected chi connectivity index (χ4v) is 2.82. The fraction of sp³-hybridized carbons (Fsp3) is 0.182. The first kappa shape index (κ1) is 19.8. The van der Waals surface area contributed by atoms with Crippen molar-refractivity contribution < 1.29 is 9.53 Å². The fourth-order valence-electron chi connectivity index (χ4n) is 2.82. The second kappa shape index (κ2) is 9.33. The van der Waals surface area contributed by atoms with Gasteiger partial charge in [-0.05, 0) is 24.6 Å². The largest absolute Gasteiger partial charge is 0.480 e. The third-order valence-electron chi connectivity index (χ3n) is 4.12. The van der Waals surface area contributed by atoms with Gasteiger partial charge in [0.1, 0.15) is 12.4 Å². The van der Waals surface area contributed by atoms with Crippen molar-refractivity contribution in [3.05, 3.63) is 70.1 Å². The number of hydrogen-bond donors (Lipinski definition) is 1. The van der Waals surface area contributed by atoms with Crippen molar-refractivity contribution in [1.29, 1.82) is 0 Å². The predicted octanol–water partition coefficient (Wildman–Crippen LogP) is 2.58. The monoisotopic (exact) mass is 388 g/mol. The van der Waals surface area contributed by atoms with Gasteiger partial charge in [-0.2, -0.15) is 10.2 Å². The number of hydrogen-bond acceptors (Lipinski definition) is 5. The van der Waals surface area contributed by atoms with Crippen molar-refractivity contribution in [3.63, 3.8) is 0 Å². The van der Waals surface area contributed by atoms with Crippen molar-refractivity contribution in [2.24, 2.45) is 5.10 Å². The van der Waals surface area contributed by atoms with Crippen LogP contribution < -0.4 is 15.7 Å². The molecule has 0 saturated carbocycles. The zero-order valence-electron chi connectivity index (χ0n) is 16.0. The van der Waals surface area contributed by atoms with Crippen LogP contribution in [0.1, 0.15) is 29.4 Å². The van der Waals surface area contributed by atoms with Crippen molar-refractivity contribution in [1.82, 2.24) is 15.2 Å². The molecular formula is C22H20N4O3. The molecular weight excluding hydrogens is 368 g/mol. The Kier molecular flexibility index (Phi) is 6.38. The van der Waals surface area contributed by atoms with Crippen molar-refractivity contribution in [3.8, 4) is 18.1 Å². The molecule has 1 N–H and O–H groups in total. The average molecular weight is 388 g/mol. The van der Waals surface area contributed by atoms with Gasteiger partial charge >= 0.3 is 0 Å². The molecule has 3 aromatic rings. The number of carbonyl (C=O) groups excluding carboxylic acids is 1. The summed E-state index contributed by atoms with van der Waals surface area (Å²) in [5.74, 6) is 2.45. The minimum atomic E-state index is -0.510. The van der Waals surface area contributed by atoms with E-state index in [4.69, 9.17) is 11.2 Å². The number of aromatic nitrogens is 2. The SMILES string of the molecule is C#CCOc1ccccc1/C=N\NC(=O)c1nn(CCC)c(=O)c2ccccc12. The van der Waals surface area contributed by atoms with Gasteiger partial charge in [0.05, 0.1) is 11.6 Å². The Bertz CT molecular complexity index is 1160. The van der Waals surface area contributed by atoms with Crippen molar-refractivity contribution in [2.45, 2.75) is 19.9 Å². The third kappa shape index (κ3) is 4.50. The van der Waals surface area contributed by atoms with Gasteiger partial charge in [-0.3, -0.25) is 9.59 Å². The second-order valence-electron chi connectivity index (χ2n) is 6.15. The molecule has 29 heavy (non-hydrogen) atoms. The molecule has 1 aromatic heterocycles. The van der Waals surface area contributed by atoms with E-state index in [2.05, 4.69) is 21.5 Å². The highest BCUT2D eigenvalue weighted by Crippen LogP contribution is 2.16. The number of amides is 1. The number of para-hydroxylation sites is 1. The van der Waals surface area contributed by atoms with Crippen LogP contribution in [0.5, 0.6) is 5.75 Å². The summed E-state index contributed by atoms with van der Waals surface area (Å²) >= 11 is 0. The summed E-state index contributed by atoms with van der Waals surface area (Å²) < 4.78 is 6.76. The predicted molar refractivity (Wildman–Crippen MR) is 112 cm³/mol. The van der Waals surface area contributed by atoms with E-state index in [1.807, 2.05) is 19.1 Å². The summed E-state index contributed by atoms with van der Waals surface area (Å²) in [6.45, 7) is 2.49. The number of hydrazone groups is 1. The van der Waals surface area contributed by atoms with Crippen LogP contribution in [0.25, 0.3) is 10.8 Å². The van der Waals surface area contributed by atoms with E-state index in [0.717, 1.165) is 6.42 Å². The number of fused-ring (bicyclic) bond motifs is 1. The van der Waals surface area contributed by atoms with E-state index < -0.39 is 5.91 Å². The Labute approximate surface area is 168 Å². The minimum absolute atomic E-state index is 0.131. The average Bonchev–Trinajstić information content (AvgIpc) is 2.75. The Morgan fingerprint density at radius 2 is 1.97 bits per heavy atom. The Morgan fingerprint density at radius 3 is 2.72 bits per heavy atom. The first-order chi connectivity index (χ1) is 14.2. The summed E-state index contributed by atoms with van der Waals surface area (Å²) in [6, 6.07) is 14.1. The second-order valence-corrected chi connectivity index (χ2v) is 6.15. The van der Waals surface area contributed by atoms with Crippen molar-refractivity contribution >= 4 is 22.9 Å². The van der Waals surface area contributed by atoms with Crippen LogP contribution in [0.4, 0.5) is 0 Å². The van der Waals surface area contributed by atoms with Crippen LogP contribution in [-0.4, -0.2) is 28.5 Å². The zero-order valence-corrected chi connectivity index (χ0v) is 16.0. The van der Waals surface area contributed by atoms with Crippen molar-refractivity contribution in [2.75, 3.05) is 6.61 Å². The number of rotatable bonds is 7. The highest BCUT2D eigenvalue weighted by molar-refractivity contribution is 6.05. The third-order valence-corrected chi connectivity index (χ3v) is 4.12. The lowest BCUT2D eigenvalue weighted by Crippen LogP contribution is -2.29. The maximum Gasteiger partial charge on any atom is 0.292 e. The highest BCUT2D eigenvalue weighted by Gasteiger charge is 2.16. The Morgan fingerprint density at radius 1 is 1.24 bits per heavy atom. The molecule has 0 unspecified atom stereocenters. The lowest BCUT2D eigenvalue weighted by atomic mass is 10.1. The van der Waals surface area contributed by atoms with E-state index >= 15 is 0 Å². The number of ether oxygens (including phenoxy) is 1. The van der Waals surface area contributed by atoms with E-state index in [1.54, 1.807) is 36.4 Å². The molecule has 0 saturated heterocycles. The van der Waals surface area contributed by atoms with Gasteiger partial charge in [0.15, 0.2) is 5.69 Å². The normalized spacial score (nSPS) is 10.8. The van der Waals surface area contributed by atoms with Gasteiger partial charge < -0.3 is 4.74 Å². The number of benzene rings is 2. The molecule has 7 nitrogen and oxygen atoms in total. The van der Waals surface area contributed by atoms with E-state index in [9.17, 15) is 9.59 Å². The van der Waals surface area contributed by atoms with Gasteiger partial charge in [0.2, 0.25) is 0 Å². The van der Waals surface area contributed by atoms with E-state index in [0.29, 0.717) is 28.6 Å². The Hall–Kier alpha value is -3.92. The quantitative estimate of drug-likeness (QED) is 0.383. The topological polar surface area (TPSA) is 85.6 Å². The maximum atomic E-state index is 12.7. The maximum absolute atomic E-state index is 12.7. The van der Waals surface area contributed by atoms with Gasteiger partial charge in [0, 0.05) is 17.5 Å². The standard InChI is InChI=1S/C22H20N4O3/c1-3-13-26-22(28)18-11-7-6-10-17(18)20(25-26)21(27)24-23-15-16-9-5-8-12-19(16)29-14-4-2/h2,5-12,15H,3,13-14H2,1H3,(H,24,27)/b23-15-. The van der Waals surface area contributed by atoms with Gasteiger partial charge in [-0.15, -0.1) is 6.42 Å². The van der Waals surface area contributed by atoms with Crippen LogP contribution in [0.2, 0.25) is 0 Å². The highest BCUT2D eigenvalue weighted by atomic mass is 16.5. The smallest absolute Gasteiger partial charge is 0.292 e. The van der Waals surface area contributed by atoms with Gasteiger partial charge in [0.25, 0.3) is 11.5 Å². The summed E-state index contributed by atoms with van der Waals surface area (Å²) in [5, 5.41) is 9.18. The molecule has 0 aliphatic heterocycles. The van der Waals surface area contributed by atoms with E-state index in [1.165, 1.54) is 10.9 Å². The van der Waals surface area contributed by atoms with E-state index in [-0.39, 0.29) is 17.9 Å². The summed E-state index contributed by atoms with van der Waals surface area (Å²) in [4.78, 5) is 25.2. The molecule has 0 bridgehead atoms. The lowest BCUT2D eigenvalue weighted by molar-refractivity contribution is 0.0949. The molecule has 0 aliphatic rings. The molecule has 7 heteroatoms. The summed E-state index contributed by atoms with van der Waals surface area (Å²) in [7, 11) is 0. The molecule has 146 valence electrons. The van der Waals surface area contributed by atoms with Crippen LogP contribution in [0, 0.1) is 12.3 Å². The van der Waals surface area contributed by atoms with Crippen LogP contribution in [0.15, 0.2) is 58.4 Å². The molecule has 3 rings (SSSR count). The van der Waals surface area contributed by atoms with Gasteiger partial charge in [-0.25, -0.2) is 10.1 Å². The molecule has 0 spiro atoms. The van der Waals surface area contributed by atoms with Crippen LogP contribution in [-0.2, 0) is 6.54 Å². The number of carbonyl (C=O) groups is 1. The molecule has 0 radical (unpaired) electrons. The number of aryl methyl sites for hydroxylation is 1. The molecule has 0 aliphatic carbocycles.